The largest absolute Gasteiger partial charge is 0.399 e. The van der Waals surface area contributed by atoms with E-state index in [0.29, 0.717) is 17.3 Å². The highest BCUT2D eigenvalue weighted by Crippen LogP contribution is 2.25. The van der Waals surface area contributed by atoms with Crippen LogP contribution in [-0.2, 0) is 0 Å². The van der Waals surface area contributed by atoms with Crippen LogP contribution in [0.25, 0.3) is 0 Å². The Labute approximate surface area is 88.9 Å². The predicted molar refractivity (Wildman–Crippen MR) is 58.3 cm³/mol. The Morgan fingerprint density at radius 1 is 1.60 bits per heavy atom. The lowest BCUT2D eigenvalue weighted by Crippen LogP contribution is -2.32. The van der Waals surface area contributed by atoms with Gasteiger partial charge >= 0.3 is 0 Å². The summed E-state index contributed by atoms with van der Waals surface area (Å²) in [6, 6.07) is 3.26. The number of nitrogen functional groups attached to an aromatic ring is 1. The molecular formula is C11H15N3O. The van der Waals surface area contributed by atoms with Crippen molar-refractivity contribution >= 4 is 11.6 Å². The van der Waals surface area contributed by atoms with Gasteiger partial charge in [0.25, 0.3) is 5.91 Å². The van der Waals surface area contributed by atoms with Crippen molar-refractivity contribution in [3.8, 4) is 0 Å². The van der Waals surface area contributed by atoms with Crippen LogP contribution in [0.1, 0.15) is 29.8 Å². The average Bonchev–Trinajstić information content (AvgIpc) is 2.15. The minimum atomic E-state index is -0.130. The van der Waals surface area contributed by atoms with Gasteiger partial charge in [-0.1, -0.05) is 6.42 Å². The average molecular weight is 205 g/mol. The molecule has 2 rings (SSSR count). The molecule has 0 aliphatic heterocycles. The molecule has 80 valence electrons. The van der Waals surface area contributed by atoms with Crippen molar-refractivity contribution in [3.05, 3.63) is 24.0 Å². The lowest BCUT2D eigenvalue weighted by Gasteiger charge is -2.25. The molecule has 0 unspecified atom stereocenters. The van der Waals surface area contributed by atoms with E-state index in [0.717, 1.165) is 6.54 Å². The van der Waals surface area contributed by atoms with Gasteiger partial charge in [-0.25, -0.2) is 0 Å². The molecule has 0 radical (unpaired) electrons. The summed E-state index contributed by atoms with van der Waals surface area (Å²) in [5.41, 5.74) is 6.54. The van der Waals surface area contributed by atoms with Gasteiger partial charge in [0.05, 0.1) is 0 Å². The van der Waals surface area contributed by atoms with E-state index in [2.05, 4.69) is 10.3 Å². The van der Waals surface area contributed by atoms with Crippen molar-refractivity contribution in [2.24, 2.45) is 5.92 Å². The highest BCUT2D eigenvalue weighted by molar-refractivity contribution is 5.92. The van der Waals surface area contributed by atoms with E-state index in [9.17, 15) is 4.79 Å². The molecule has 0 spiro atoms. The smallest absolute Gasteiger partial charge is 0.269 e. The van der Waals surface area contributed by atoms with Crippen LogP contribution in [0.15, 0.2) is 18.3 Å². The van der Waals surface area contributed by atoms with E-state index in [4.69, 9.17) is 5.73 Å². The summed E-state index contributed by atoms with van der Waals surface area (Å²) in [7, 11) is 0. The molecule has 0 bridgehead atoms. The SMILES string of the molecule is Nc1ccnc(C(=O)NCC2CCC2)c1. The second kappa shape index (κ2) is 4.29. The van der Waals surface area contributed by atoms with Crippen molar-refractivity contribution in [3.63, 3.8) is 0 Å². The number of aromatic nitrogens is 1. The van der Waals surface area contributed by atoms with Crippen LogP contribution >= 0.6 is 0 Å². The van der Waals surface area contributed by atoms with Crippen LogP contribution in [-0.4, -0.2) is 17.4 Å². The van der Waals surface area contributed by atoms with E-state index < -0.39 is 0 Å². The van der Waals surface area contributed by atoms with Crippen molar-refractivity contribution < 1.29 is 4.79 Å². The Kier molecular flexibility index (Phi) is 2.85. The van der Waals surface area contributed by atoms with Crippen LogP contribution < -0.4 is 11.1 Å². The molecule has 1 aliphatic rings. The molecule has 1 amide bonds. The first-order chi connectivity index (χ1) is 7.25. The Morgan fingerprint density at radius 3 is 3.00 bits per heavy atom. The van der Waals surface area contributed by atoms with Crippen LogP contribution in [0.2, 0.25) is 0 Å². The molecule has 15 heavy (non-hydrogen) atoms. The molecule has 0 atom stereocenters. The van der Waals surface area contributed by atoms with E-state index in [1.807, 2.05) is 0 Å². The summed E-state index contributed by atoms with van der Waals surface area (Å²) in [5.74, 6) is 0.532. The minimum Gasteiger partial charge on any atom is -0.399 e. The lowest BCUT2D eigenvalue weighted by molar-refractivity contribution is 0.0934. The summed E-state index contributed by atoms with van der Waals surface area (Å²) in [6.45, 7) is 0.759. The quantitative estimate of drug-likeness (QED) is 0.779. The number of hydrogen-bond donors (Lipinski definition) is 2. The fraction of sp³-hybridized carbons (Fsp3) is 0.455. The standard InChI is InChI=1S/C11H15N3O/c12-9-4-5-13-10(6-9)11(15)14-7-8-2-1-3-8/h4-6,8H,1-3,7H2,(H2,12,13)(H,14,15). The second-order valence-corrected chi connectivity index (χ2v) is 3.98. The molecule has 1 aliphatic carbocycles. The maximum absolute atomic E-state index is 11.6. The molecule has 4 heteroatoms. The third-order valence-electron chi connectivity index (χ3n) is 2.79. The number of pyridine rings is 1. The monoisotopic (exact) mass is 205 g/mol. The third-order valence-corrected chi connectivity index (χ3v) is 2.79. The van der Waals surface area contributed by atoms with Gasteiger partial charge in [0.2, 0.25) is 0 Å². The Hall–Kier alpha value is -1.58. The molecule has 0 aromatic carbocycles. The number of nitrogens with two attached hydrogens (primary N) is 1. The number of amides is 1. The summed E-state index contributed by atoms with van der Waals surface area (Å²) >= 11 is 0. The van der Waals surface area contributed by atoms with Crippen molar-refractivity contribution in [1.29, 1.82) is 0 Å². The van der Waals surface area contributed by atoms with E-state index in [1.165, 1.54) is 19.3 Å². The molecule has 4 nitrogen and oxygen atoms in total. The highest BCUT2D eigenvalue weighted by Gasteiger charge is 2.18. The van der Waals surface area contributed by atoms with Gasteiger partial charge in [0, 0.05) is 18.4 Å². The zero-order valence-electron chi connectivity index (χ0n) is 8.57. The van der Waals surface area contributed by atoms with Gasteiger partial charge in [-0.2, -0.15) is 0 Å². The van der Waals surface area contributed by atoms with Crippen LogP contribution in [0, 0.1) is 5.92 Å². The summed E-state index contributed by atoms with van der Waals surface area (Å²) in [5, 5.41) is 2.87. The summed E-state index contributed by atoms with van der Waals surface area (Å²) in [4.78, 5) is 15.6. The van der Waals surface area contributed by atoms with Gasteiger partial charge in [-0.3, -0.25) is 9.78 Å². The molecule has 1 saturated carbocycles. The predicted octanol–water partition coefficient (Wildman–Crippen LogP) is 1.19. The van der Waals surface area contributed by atoms with Crippen molar-refractivity contribution in [2.75, 3.05) is 12.3 Å². The highest BCUT2D eigenvalue weighted by atomic mass is 16.1. The van der Waals surface area contributed by atoms with Crippen molar-refractivity contribution in [1.82, 2.24) is 10.3 Å². The van der Waals surface area contributed by atoms with Crippen LogP contribution in [0.3, 0.4) is 0 Å². The molecule has 1 heterocycles. The van der Waals surface area contributed by atoms with Gasteiger partial charge in [-0.15, -0.1) is 0 Å². The first kappa shape index (κ1) is 9.96. The van der Waals surface area contributed by atoms with E-state index in [1.54, 1.807) is 18.3 Å². The Morgan fingerprint density at radius 2 is 2.40 bits per heavy atom. The molecule has 0 saturated heterocycles. The van der Waals surface area contributed by atoms with Gasteiger partial charge in [0.1, 0.15) is 5.69 Å². The number of rotatable bonds is 3. The minimum absolute atomic E-state index is 0.130. The fourth-order valence-electron chi connectivity index (χ4n) is 1.60. The summed E-state index contributed by atoms with van der Waals surface area (Å²) in [6.07, 6.45) is 5.29. The lowest BCUT2D eigenvalue weighted by atomic mass is 9.85. The van der Waals surface area contributed by atoms with Gasteiger partial charge < -0.3 is 11.1 Å². The van der Waals surface area contributed by atoms with Crippen LogP contribution in [0.4, 0.5) is 5.69 Å². The Balaban J connectivity index is 1.89. The molecular weight excluding hydrogens is 190 g/mol. The number of hydrogen-bond acceptors (Lipinski definition) is 3. The topological polar surface area (TPSA) is 68.0 Å². The number of nitrogens with zero attached hydrogens (tertiary/aromatic N) is 1. The van der Waals surface area contributed by atoms with Gasteiger partial charge in [0.15, 0.2) is 0 Å². The molecule has 1 aromatic rings. The maximum atomic E-state index is 11.6. The fourth-order valence-corrected chi connectivity index (χ4v) is 1.60. The number of nitrogens with one attached hydrogen (secondary N) is 1. The van der Waals surface area contributed by atoms with E-state index in [-0.39, 0.29) is 5.91 Å². The molecule has 3 N–H and O–H groups in total. The maximum Gasteiger partial charge on any atom is 0.269 e. The zero-order chi connectivity index (χ0) is 10.7. The first-order valence-corrected chi connectivity index (χ1v) is 5.25. The summed E-state index contributed by atoms with van der Waals surface area (Å²) < 4.78 is 0. The molecule has 1 aromatic heterocycles. The number of carbonyl (C=O) groups is 1. The zero-order valence-corrected chi connectivity index (χ0v) is 8.57. The van der Waals surface area contributed by atoms with E-state index >= 15 is 0 Å². The number of carbonyl (C=O) groups excluding carboxylic acids is 1. The van der Waals surface area contributed by atoms with Crippen molar-refractivity contribution in [2.45, 2.75) is 19.3 Å². The first-order valence-electron chi connectivity index (χ1n) is 5.25. The normalized spacial score (nSPS) is 15.7. The third kappa shape index (κ3) is 2.46. The molecule has 1 fully saturated rings. The number of anilines is 1. The van der Waals surface area contributed by atoms with Gasteiger partial charge in [-0.05, 0) is 30.9 Å². The second-order valence-electron chi connectivity index (χ2n) is 3.98. The van der Waals surface area contributed by atoms with Crippen LogP contribution in [0.5, 0.6) is 0 Å². The Bertz CT molecular complexity index is 361.